The lowest BCUT2D eigenvalue weighted by Gasteiger charge is -2.28. The molecule has 0 aliphatic carbocycles. The number of rotatable bonds is 5. The van der Waals surface area contributed by atoms with E-state index in [0.717, 1.165) is 33.8 Å². The average Bonchev–Trinajstić information content (AvgIpc) is 3.19. The number of nitrogens with zero attached hydrogens (tertiary/aromatic N) is 4. The van der Waals surface area contributed by atoms with Crippen LogP contribution in [-0.4, -0.2) is 56.1 Å². The molecular formula is C23H27N5O3. The van der Waals surface area contributed by atoms with Gasteiger partial charge in [0.05, 0.1) is 24.4 Å². The Hall–Kier alpha value is -3.10. The smallest absolute Gasteiger partial charge is 0.270 e. The molecule has 4 heterocycles. The summed E-state index contributed by atoms with van der Waals surface area (Å²) in [5.74, 6) is -0.303. The highest BCUT2D eigenvalue weighted by molar-refractivity contribution is 5.92. The van der Waals surface area contributed by atoms with Gasteiger partial charge in [0.1, 0.15) is 11.4 Å². The monoisotopic (exact) mass is 421 g/mol. The number of ether oxygens (including phenoxy) is 1. The van der Waals surface area contributed by atoms with Crippen LogP contribution in [0.5, 0.6) is 0 Å². The largest absolute Gasteiger partial charge is 0.391 e. The number of carbonyl (C=O) groups is 1. The van der Waals surface area contributed by atoms with Crippen molar-refractivity contribution in [3.05, 3.63) is 64.7 Å². The van der Waals surface area contributed by atoms with E-state index < -0.39 is 12.1 Å². The number of aryl methyl sites for hydroxylation is 2. The maximum absolute atomic E-state index is 12.8. The van der Waals surface area contributed by atoms with Crippen LogP contribution in [0.1, 0.15) is 39.3 Å². The molecule has 0 bridgehead atoms. The maximum atomic E-state index is 12.8. The molecule has 2 atom stereocenters. The molecule has 1 amide bonds. The maximum Gasteiger partial charge on any atom is 0.270 e. The SMILES string of the molecule is Cc1nc(C(=O)N[C@H]2COCC[C@@H]2O)cc(Cc2ccc(-c3ccn(C)n3)nc2)c1C. The van der Waals surface area contributed by atoms with E-state index in [1.807, 2.05) is 57.6 Å². The van der Waals surface area contributed by atoms with Crippen molar-refractivity contribution in [1.29, 1.82) is 0 Å². The zero-order chi connectivity index (χ0) is 22.0. The highest BCUT2D eigenvalue weighted by atomic mass is 16.5. The molecule has 2 N–H and O–H groups in total. The van der Waals surface area contributed by atoms with Crippen molar-refractivity contribution < 1.29 is 14.6 Å². The van der Waals surface area contributed by atoms with E-state index in [0.29, 0.717) is 31.7 Å². The van der Waals surface area contributed by atoms with E-state index in [-0.39, 0.29) is 5.91 Å². The van der Waals surface area contributed by atoms with Gasteiger partial charge < -0.3 is 15.2 Å². The number of amides is 1. The molecule has 0 spiro atoms. The third-order valence-corrected chi connectivity index (χ3v) is 5.69. The van der Waals surface area contributed by atoms with Gasteiger partial charge in [-0.05, 0) is 61.6 Å². The van der Waals surface area contributed by atoms with Crippen molar-refractivity contribution in [2.45, 2.75) is 38.8 Å². The second-order valence-electron chi connectivity index (χ2n) is 7.99. The van der Waals surface area contributed by atoms with Crippen LogP contribution < -0.4 is 5.32 Å². The molecule has 162 valence electrons. The first kappa shape index (κ1) is 21.1. The summed E-state index contributed by atoms with van der Waals surface area (Å²) < 4.78 is 7.12. The highest BCUT2D eigenvalue weighted by Gasteiger charge is 2.26. The van der Waals surface area contributed by atoms with Gasteiger partial charge in [0.15, 0.2) is 0 Å². The normalized spacial score (nSPS) is 18.7. The van der Waals surface area contributed by atoms with Crippen LogP contribution in [0.2, 0.25) is 0 Å². The quantitative estimate of drug-likeness (QED) is 0.653. The number of aliphatic hydroxyl groups excluding tert-OH is 1. The van der Waals surface area contributed by atoms with Gasteiger partial charge >= 0.3 is 0 Å². The molecule has 0 unspecified atom stereocenters. The van der Waals surface area contributed by atoms with Crippen molar-refractivity contribution >= 4 is 5.91 Å². The lowest BCUT2D eigenvalue weighted by Crippen LogP contribution is -2.49. The minimum absolute atomic E-state index is 0.303. The Morgan fingerprint density at radius 1 is 1.29 bits per heavy atom. The van der Waals surface area contributed by atoms with Gasteiger partial charge in [0.25, 0.3) is 5.91 Å². The summed E-state index contributed by atoms with van der Waals surface area (Å²) in [4.78, 5) is 21.8. The first-order valence-electron chi connectivity index (χ1n) is 10.4. The molecular weight excluding hydrogens is 394 g/mol. The summed E-state index contributed by atoms with van der Waals surface area (Å²) in [5.41, 5.74) is 5.90. The summed E-state index contributed by atoms with van der Waals surface area (Å²) in [7, 11) is 1.88. The zero-order valence-corrected chi connectivity index (χ0v) is 18.0. The minimum Gasteiger partial charge on any atom is -0.391 e. The van der Waals surface area contributed by atoms with Crippen molar-refractivity contribution in [2.75, 3.05) is 13.2 Å². The first-order valence-corrected chi connectivity index (χ1v) is 10.4. The molecule has 1 saturated heterocycles. The molecule has 1 aliphatic heterocycles. The number of carbonyl (C=O) groups excluding carboxylic acids is 1. The van der Waals surface area contributed by atoms with Crippen LogP contribution in [0.25, 0.3) is 11.4 Å². The molecule has 0 aromatic carbocycles. The molecule has 31 heavy (non-hydrogen) atoms. The van der Waals surface area contributed by atoms with Crippen molar-refractivity contribution in [3.63, 3.8) is 0 Å². The molecule has 8 heteroatoms. The van der Waals surface area contributed by atoms with E-state index in [1.54, 1.807) is 4.68 Å². The number of aromatic nitrogens is 4. The van der Waals surface area contributed by atoms with Gasteiger partial charge in [0, 0.05) is 31.7 Å². The summed E-state index contributed by atoms with van der Waals surface area (Å²) in [6, 6.07) is 7.31. The van der Waals surface area contributed by atoms with E-state index in [1.165, 1.54) is 0 Å². The third kappa shape index (κ3) is 4.81. The first-order chi connectivity index (χ1) is 14.9. The second kappa shape index (κ2) is 8.95. The van der Waals surface area contributed by atoms with Crippen LogP contribution in [0.15, 0.2) is 36.7 Å². The lowest BCUT2D eigenvalue weighted by molar-refractivity contribution is -0.0140. The summed E-state index contributed by atoms with van der Waals surface area (Å²) in [5, 5.41) is 17.3. The van der Waals surface area contributed by atoms with Crippen LogP contribution in [0, 0.1) is 13.8 Å². The molecule has 4 rings (SSSR count). The van der Waals surface area contributed by atoms with E-state index in [9.17, 15) is 9.90 Å². The zero-order valence-electron chi connectivity index (χ0n) is 18.0. The predicted molar refractivity (Wildman–Crippen MR) is 116 cm³/mol. The number of aliphatic hydroxyl groups is 1. The molecule has 1 aliphatic rings. The molecule has 8 nitrogen and oxygen atoms in total. The van der Waals surface area contributed by atoms with Crippen LogP contribution in [0.3, 0.4) is 0 Å². The van der Waals surface area contributed by atoms with Gasteiger partial charge in [-0.15, -0.1) is 0 Å². The fraction of sp³-hybridized carbons (Fsp3) is 0.391. The highest BCUT2D eigenvalue weighted by Crippen LogP contribution is 2.20. The fourth-order valence-corrected chi connectivity index (χ4v) is 3.66. The van der Waals surface area contributed by atoms with Crippen molar-refractivity contribution in [2.24, 2.45) is 7.05 Å². The Kier molecular flexibility index (Phi) is 6.11. The van der Waals surface area contributed by atoms with Crippen molar-refractivity contribution in [1.82, 2.24) is 25.1 Å². The Morgan fingerprint density at radius 2 is 2.13 bits per heavy atom. The minimum atomic E-state index is -0.604. The van der Waals surface area contributed by atoms with Crippen molar-refractivity contribution in [3.8, 4) is 11.4 Å². The molecule has 1 fully saturated rings. The Bertz CT molecular complexity index is 1080. The summed E-state index contributed by atoms with van der Waals surface area (Å²) in [6.07, 6.45) is 4.28. The summed E-state index contributed by atoms with van der Waals surface area (Å²) >= 11 is 0. The number of pyridine rings is 2. The van der Waals surface area contributed by atoms with E-state index in [2.05, 4.69) is 20.4 Å². The molecule has 3 aromatic rings. The van der Waals surface area contributed by atoms with Gasteiger partial charge in [-0.1, -0.05) is 6.07 Å². The molecule has 0 saturated carbocycles. The topological polar surface area (TPSA) is 102 Å². The van der Waals surface area contributed by atoms with Gasteiger partial charge in [-0.25, -0.2) is 4.98 Å². The molecule has 3 aromatic heterocycles. The third-order valence-electron chi connectivity index (χ3n) is 5.69. The Morgan fingerprint density at radius 3 is 2.81 bits per heavy atom. The Labute approximate surface area is 181 Å². The van der Waals surface area contributed by atoms with Gasteiger partial charge in [-0.3, -0.25) is 14.5 Å². The number of hydrogen-bond donors (Lipinski definition) is 2. The van der Waals surface area contributed by atoms with E-state index in [4.69, 9.17) is 4.74 Å². The van der Waals surface area contributed by atoms with Crippen LogP contribution in [-0.2, 0) is 18.2 Å². The van der Waals surface area contributed by atoms with Crippen LogP contribution in [0.4, 0.5) is 0 Å². The molecule has 0 radical (unpaired) electrons. The van der Waals surface area contributed by atoms with Gasteiger partial charge in [-0.2, -0.15) is 5.10 Å². The van der Waals surface area contributed by atoms with Gasteiger partial charge in [0.2, 0.25) is 0 Å². The number of nitrogens with one attached hydrogen (secondary N) is 1. The fourth-order valence-electron chi connectivity index (χ4n) is 3.66. The second-order valence-corrected chi connectivity index (χ2v) is 7.99. The summed E-state index contributed by atoms with van der Waals surface area (Å²) in [6.45, 7) is 4.72. The lowest BCUT2D eigenvalue weighted by atomic mass is 9.99. The van der Waals surface area contributed by atoms with E-state index >= 15 is 0 Å². The predicted octanol–water partition coefficient (Wildman–Crippen LogP) is 1.96. The standard InChI is InChI=1S/C23H27N5O3/c1-14-15(2)25-20(23(30)26-21-13-31-9-7-22(21)29)11-17(14)10-16-4-5-18(24-12-16)19-6-8-28(3)27-19/h4-6,8,11-12,21-22,29H,7,9-10,13H2,1-3H3,(H,26,30)/t21-,22-/m0/s1. The number of hydrogen-bond acceptors (Lipinski definition) is 6. The Balaban J connectivity index is 1.51. The van der Waals surface area contributed by atoms with Crippen LogP contribution >= 0.6 is 0 Å². The average molecular weight is 422 g/mol.